The third-order valence-electron chi connectivity index (χ3n) is 5.65. The Morgan fingerprint density at radius 3 is 2.15 bits per heavy atom. The van der Waals surface area contributed by atoms with Gasteiger partial charge in [-0.3, -0.25) is 9.69 Å². The van der Waals surface area contributed by atoms with Crippen molar-refractivity contribution in [1.29, 1.82) is 0 Å². The van der Waals surface area contributed by atoms with Crippen LogP contribution in [0, 0.1) is 0 Å². The zero-order valence-electron chi connectivity index (χ0n) is 16.5. The summed E-state index contributed by atoms with van der Waals surface area (Å²) in [6, 6.07) is 20.9. The van der Waals surface area contributed by atoms with Crippen LogP contribution in [0.4, 0.5) is 5.69 Å². The van der Waals surface area contributed by atoms with E-state index < -0.39 is 0 Å². The van der Waals surface area contributed by atoms with Crippen LogP contribution in [0.2, 0.25) is 0 Å². The van der Waals surface area contributed by atoms with Crippen LogP contribution in [-0.4, -0.2) is 49.6 Å². The summed E-state index contributed by atoms with van der Waals surface area (Å²) in [5.41, 5.74) is 2.56. The number of nitrogens with one attached hydrogen (secondary N) is 1. The van der Waals surface area contributed by atoms with Crippen LogP contribution in [0.1, 0.15) is 31.7 Å². The van der Waals surface area contributed by atoms with Crippen molar-refractivity contribution in [3.8, 4) is 0 Å². The van der Waals surface area contributed by atoms with Gasteiger partial charge in [-0.1, -0.05) is 55.5 Å². The molecule has 1 fully saturated rings. The summed E-state index contributed by atoms with van der Waals surface area (Å²) >= 11 is 0. The Bertz CT molecular complexity index is 696. The van der Waals surface area contributed by atoms with Gasteiger partial charge < -0.3 is 10.2 Å². The first-order valence-electron chi connectivity index (χ1n) is 10.1. The topological polar surface area (TPSA) is 35.6 Å². The molecule has 27 heavy (non-hydrogen) atoms. The number of hydrogen-bond donors (Lipinski definition) is 1. The lowest BCUT2D eigenvalue weighted by atomic mass is 9.96. The third-order valence-corrected chi connectivity index (χ3v) is 5.65. The number of carbonyl (C=O) groups excluding carboxylic acids is 1. The SMILES string of the molecule is CC[C@H](CNC(=O)[C@@H](C)N1CCN(c2ccccc2)CC1)c1ccccc1. The molecular weight excluding hydrogens is 334 g/mol. The molecule has 2 atom stereocenters. The zero-order valence-corrected chi connectivity index (χ0v) is 16.5. The lowest BCUT2D eigenvalue weighted by Gasteiger charge is -2.38. The molecular formula is C23H31N3O. The van der Waals surface area contributed by atoms with Crippen LogP contribution in [-0.2, 0) is 4.79 Å². The number of nitrogens with zero attached hydrogens (tertiary/aromatic N) is 2. The molecule has 0 aliphatic carbocycles. The van der Waals surface area contributed by atoms with E-state index in [0.717, 1.165) is 32.6 Å². The molecule has 0 aromatic heterocycles. The molecule has 1 amide bonds. The van der Waals surface area contributed by atoms with Crippen LogP contribution < -0.4 is 10.2 Å². The largest absolute Gasteiger partial charge is 0.369 e. The number of para-hydroxylation sites is 1. The van der Waals surface area contributed by atoms with E-state index in [2.05, 4.69) is 70.6 Å². The predicted octanol–water partition coefficient (Wildman–Crippen LogP) is 3.51. The molecule has 1 N–H and O–H groups in total. The van der Waals surface area contributed by atoms with Gasteiger partial charge in [0, 0.05) is 44.3 Å². The van der Waals surface area contributed by atoms with Crippen molar-refractivity contribution in [3.63, 3.8) is 0 Å². The standard InChI is InChI=1S/C23H31N3O/c1-3-20(21-10-6-4-7-11-21)18-24-23(27)19(2)25-14-16-26(17-15-25)22-12-8-5-9-13-22/h4-13,19-20H,3,14-18H2,1-2H3,(H,24,27)/t19-,20-/m1/s1. The van der Waals surface area contributed by atoms with Crippen LogP contribution in [0.5, 0.6) is 0 Å². The molecule has 2 aromatic carbocycles. The average Bonchev–Trinajstić information content (AvgIpc) is 2.75. The first-order valence-corrected chi connectivity index (χ1v) is 10.1. The maximum absolute atomic E-state index is 12.7. The molecule has 1 aliphatic rings. The molecule has 0 radical (unpaired) electrons. The van der Waals surface area contributed by atoms with Crippen molar-refractivity contribution in [2.45, 2.75) is 32.2 Å². The first kappa shape index (κ1) is 19.4. The van der Waals surface area contributed by atoms with Gasteiger partial charge in [-0.25, -0.2) is 0 Å². The normalized spacial score (nSPS) is 17.3. The fourth-order valence-electron chi connectivity index (χ4n) is 3.77. The monoisotopic (exact) mass is 365 g/mol. The molecule has 4 nitrogen and oxygen atoms in total. The van der Waals surface area contributed by atoms with Crippen molar-refractivity contribution < 1.29 is 4.79 Å². The summed E-state index contributed by atoms with van der Waals surface area (Å²) in [6.07, 6.45) is 1.02. The van der Waals surface area contributed by atoms with Crippen LogP contribution in [0.25, 0.3) is 0 Å². The summed E-state index contributed by atoms with van der Waals surface area (Å²) in [5, 5.41) is 3.18. The molecule has 144 valence electrons. The molecule has 4 heteroatoms. The van der Waals surface area contributed by atoms with Gasteiger partial charge in [0.25, 0.3) is 0 Å². The predicted molar refractivity (Wildman–Crippen MR) is 112 cm³/mol. The lowest BCUT2D eigenvalue weighted by Crippen LogP contribution is -2.54. The van der Waals surface area contributed by atoms with Gasteiger partial charge in [0.15, 0.2) is 0 Å². The van der Waals surface area contributed by atoms with E-state index in [4.69, 9.17) is 0 Å². The summed E-state index contributed by atoms with van der Waals surface area (Å²) in [7, 11) is 0. The fourth-order valence-corrected chi connectivity index (χ4v) is 3.77. The molecule has 3 rings (SSSR count). The average molecular weight is 366 g/mol. The Hall–Kier alpha value is -2.33. The Balaban J connectivity index is 1.48. The van der Waals surface area contributed by atoms with Crippen molar-refractivity contribution in [2.24, 2.45) is 0 Å². The maximum atomic E-state index is 12.7. The van der Waals surface area contributed by atoms with E-state index in [1.807, 2.05) is 19.1 Å². The first-order chi connectivity index (χ1) is 13.2. The van der Waals surface area contributed by atoms with E-state index in [1.165, 1.54) is 11.3 Å². The van der Waals surface area contributed by atoms with Gasteiger partial charge in [0.1, 0.15) is 0 Å². The number of hydrogen-bond acceptors (Lipinski definition) is 3. The van der Waals surface area contributed by atoms with Gasteiger partial charge in [-0.2, -0.15) is 0 Å². The maximum Gasteiger partial charge on any atom is 0.237 e. The molecule has 1 heterocycles. The van der Waals surface area contributed by atoms with Gasteiger partial charge in [0.2, 0.25) is 5.91 Å². The molecule has 0 unspecified atom stereocenters. The van der Waals surface area contributed by atoms with Crippen molar-refractivity contribution in [2.75, 3.05) is 37.6 Å². The van der Waals surface area contributed by atoms with Crippen LogP contribution in [0.15, 0.2) is 60.7 Å². The Morgan fingerprint density at radius 1 is 0.963 bits per heavy atom. The number of anilines is 1. The van der Waals surface area contributed by atoms with Gasteiger partial charge in [-0.15, -0.1) is 0 Å². The minimum absolute atomic E-state index is 0.0868. The fraction of sp³-hybridized carbons (Fsp3) is 0.435. The number of carbonyl (C=O) groups is 1. The zero-order chi connectivity index (χ0) is 19.1. The van der Waals surface area contributed by atoms with Crippen molar-refractivity contribution in [1.82, 2.24) is 10.2 Å². The van der Waals surface area contributed by atoms with Gasteiger partial charge in [0.05, 0.1) is 6.04 Å². The second kappa shape index (κ2) is 9.56. The van der Waals surface area contributed by atoms with Crippen LogP contribution >= 0.6 is 0 Å². The number of piperazine rings is 1. The quantitative estimate of drug-likeness (QED) is 0.816. The summed E-state index contributed by atoms with van der Waals surface area (Å²) < 4.78 is 0. The second-order valence-corrected chi connectivity index (χ2v) is 7.30. The Kier molecular flexibility index (Phi) is 6.88. The number of amides is 1. The van der Waals surface area contributed by atoms with E-state index in [-0.39, 0.29) is 11.9 Å². The van der Waals surface area contributed by atoms with E-state index in [1.54, 1.807) is 0 Å². The summed E-state index contributed by atoms with van der Waals surface area (Å²) in [5.74, 6) is 0.509. The van der Waals surface area contributed by atoms with Crippen molar-refractivity contribution in [3.05, 3.63) is 66.2 Å². The summed E-state index contributed by atoms with van der Waals surface area (Å²) in [4.78, 5) is 17.4. The van der Waals surface area contributed by atoms with E-state index in [9.17, 15) is 4.79 Å². The number of benzene rings is 2. The van der Waals surface area contributed by atoms with Gasteiger partial charge >= 0.3 is 0 Å². The highest BCUT2D eigenvalue weighted by molar-refractivity contribution is 5.81. The minimum Gasteiger partial charge on any atom is -0.369 e. The highest BCUT2D eigenvalue weighted by Crippen LogP contribution is 2.19. The molecule has 1 aliphatic heterocycles. The number of rotatable bonds is 7. The Labute approximate surface area is 163 Å². The smallest absolute Gasteiger partial charge is 0.237 e. The second-order valence-electron chi connectivity index (χ2n) is 7.30. The van der Waals surface area contributed by atoms with Crippen molar-refractivity contribution >= 4 is 11.6 Å². The van der Waals surface area contributed by atoms with E-state index in [0.29, 0.717) is 12.5 Å². The Morgan fingerprint density at radius 2 is 1.56 bits per heavy atom. The molecule has 0 spiro atoms. The van der Waals surface area contributed by atoms with Gasteiger partial charge in [-0.05, 0) is 31.0 Å². The molecule has 2 aromatic rings. The third kappa shape index (κ3) is 5.10. The molecule has 0 saturated carbocycles. The molecule has 0 bridgehead atoms. The molecule has 1 saturated heterocycles. The lowest BCUT2D eigenvalue weighted by molar-refractivity contribution is -0.126. The van der Waals surface area contributed by atoms with E-state index >= 15 is 0 Å². The highest BCUT2D eigenvalue weighted by Gasteiger charge is 2.26. The highest BCUT2D eigenvalue weighted by atomic mass is 16.2. The minimum atomic E-state index is -0.0868. The van der Waals surface area contributed by atoms with Crippen LogP contribution in [0.3, 0.4) is 0 Å². The summed E-state index contributed by atoms with van der Waals surface area (Å²) in [6.45, 7) is 8.66.